The molecule has 0 saturated carbocycles. The van der Waals surface area contributed by atoms with Crippen LogP contribution in [0.3, 0.4) is 0 Å². The first-order chi connectivity index (χ1) is 10.2. The third kappa shape index (κ3) is 4.97. The highest BCUT2D eigenvalue weighted by molar-refractivity contribution is 9.10. The first kappa shape index (κ1) is 16.8. The summed E-state index contributed by atoms with van der Waals surface area (Å²) < 4.78 is 12.1. The fraction of sp³-hybridized carbons (Fsp3) is 0.647. The lowest BCUT2D eigenvalue weighted by molar-refractivity contribution is 0.0995. The largest absolute Gasteiger partial charge is 0.497 e. The summed E-state index contributed by atoms with van der Waals surface area (Å²) in [5.74, 6) is 0.888. The van der Waals surface area contributed by atoms with Crippen molar-refractivity contribution in [1.29, 1.82) is 0 Å². The van der Waals surface area contributed by atoms with Crippen molar-refractivity contribution < 1.29 is 9.47 Å². The van der Waals surface area contributed by atoms with Crippen molar-refractivity contribution in [3.8, 4) is 5.75 Å². The Hall–Kier alpha value is -0.580. The molecule has 1 aromatic rings. The molecule has 4 heteroatoms. The Bertz CT molecular complexity index is 433. The Morgan fingerprint density at radius 3 is 2.95 bits per heavy atom. The molecule has 1 aliphatic rings. The highest BCUT2D eigenvalue weighted by Crippen LogP contribution is 2.31. The molecule has 21 heavy (non-hydrogen) atoms. The molecule has 1 saturated heterocycles. The summed E-state index contributed by atoms with van der Waals surface area (Å²) in [7, 11) is 1.70. The van der Waals surface area contributed by atoms with E-state index in [9.17, 15) is 0 Å². The third-order valence-corrected chi connectivity index (χ3v) is 4.71. The van der Waals surface area contributed by atoms with Gasteiger partial charge in [0.05, 0.1) is 13.2 Å². The Morgan fingerprint density at radius 1 is 1.48 bits per heavy atom. The summed E-state index contributed by atoms with van der Waals surface area (Å²) in [5.41, 5.74) is 1.31. The summed E-state index contributed by atoms with van der Waals surface area (Å²) in [6.45, 7) is 4.17. The lowest BCUT2D eigenvalue weighted by atomic mass is 9.99. The molecule has 118 valence electrons. The van der Waals surface area contributed by atoms with Gasteiger partial charge < -0.3 is 14.8 Å². The van der Waals surface area contributed by atoms with Crippen LogP contribution in [-0.2, 0) is 4.74 Å². The van der Waals surface area contributed by atoms with Gasteiger partial charge in [-0.05, 0) is 56.3 Å². The Balaban J connectivity index is 2.03. The van der Waals surface area contributed by atoms with Crippen molar-refractivity contribution in [2.45, 2.75) is 51.2 Å². The van der Waals surface area contributed by atoms with E-state index in [0.29, 0.717) is 12.1 Å². The average Bonchev–Trinajstić information content (AvgIpc) is 3.01. The van der Waals surface area contributed by atoms with Gasteiger partial charge in [-0.15, -0.1) is 0 Å². The van der Waals surface area contributed by atoms with Crippen LogP contribution in [0.1, 0.15) is 50.6 Å². The zero-order chi connectivity index (χ0) is 15.1. The van der Waals surface area contributed by atoms with Gasteiger partial charge in [-0.2, -0.15) is 0 Å². The maximum Gasteiger partial charge on any atom is 0.120 e. The van der Waals surface area contributed by atoms with E-state index in [2.05, 4.69) is 34.2 Å². The topological polar surface area (TPSA) is 30.5 Å². The molecule has 0 bridgehead atoms. The predicted octanol–water partition coefficient (Wildman–Crippen LogP) is 4.46. The van der Waals surface area contributed by atoms with Crippen LogP contribution in [0.5, 0.6) is 5.75 Å². The van der Waals surface area contributed by atoms with Crippen molar-refractivity contribution in [2.24, 2.45) is 0 Å². The van der Waals surface area contributed by atoms with E-state index < -0.39 is 0 Å². The second-order valence-corrected chi connectivity index (χ2v) is 6.46. The standard InChI is InChI=1S/C17H26BrNO2/c1-3-10-19-17(9-7-13-5-4-11-21-13)15-8-6-14(20-2)12-16(15)18/h6,8,12-13,17,19H,3-5,7,9-11H2,1-2H3. The average molecular weight is 356 g/mol. The lowest BCUT2D eigenvalue weighted by Crippen LogP contribution is -2.24. The molecule has 0 amide bonds. The number of rotatable bonds is 8. The molecule has 2 atom stereocenters. The normalized spacial score (nSPS) is 19.7. The van der Waals surface area contributed by atoms with E-state index in [0.717, 1.165) is 42.6 Å². The van der Waals surface area contributed by atoms with Gasteiger partial charge in [-0.25, -0.2) is 0 Å². The molecular weight excluding hydrogens is 330 g/mol. The highest BCUT2D eigenvalue weighted by atomic mass is 79.9. The lowest BCUT2D eigenvalue weighted by Gasteiger charge is -2.22. The molecular formula is C17H26BrNO2. The minimum Gasteiger partial charge on any atom is -0.497 e. The first-order valence-electron chi connectivity index (χ1n) is 7.93. The van der Waals surface area contributed by atoms with E-state index in [-0.39, 0.29) is 0 Å². The number of benzene rings is 1. The minimum absolute atomic E-state index is 0.370. The van der Waals surface area contributed by atoms with Gasteiger partial charge in [0.2, 0.25) is 0 Å². The first-order valence-corrected chi connectivity index (χ1v) is 8.72. The molecule has 0 spiro atoms. The number of ether oxygens (including phenoxy) is 2. The number of nitrogens with one attached hydrogen (secondary N) is 1. The molecule has 1 N–H and O–H groups in total. The molecule has 1 aliphatic heterocycles. The third-order valence-electron chi connectivity index (χ3n) is 4.03. The fourth-order valence-corrected chi connectivity index (χ4v) is 3.46. The molecule has 0 aromatic heterocycles. The summed E-state index contributed by atoms with van der Waals surface area (Å²) in [6, 6.07) is 6.61. The summed E-state index contributed by atoms with van der Waals surface area (Å²) in [4.78, 5) is 0. The summed E-state index contributed by atoms with van der Waals surface area (Å²) >= 11 is 3.68. The minimum atomic E-state index is 0.370. The zero-order valence-electron chi connectivity index (χ0n) is 13.0. The molecule has 2 rings (SSSR count). The van der Waals surface area contributed by atoms with E-state index in [1.807, 2.05) is 12.1 Å². The van der Waals surface area contributed by atoms with E-state index in [1.54, 1.807) is 7.11 Å². The van der Waals surface area contributed by atoms with E-state index in [4.69, 9.17) is 9.47 Å². The second-order valence-electron chi connectivity index (χ2n) is 5.61. The van der Waals surface area contributed by atoms with Gasteiger partial charge in [0.25, 0.3) is 0 Å². The molecule has 1 fully saturated rings. The SMILES string of the molecule is CCCNC(CCC1CCCO1)c1ccc(OC)cc1Br. The van der Waals surface area contributed by atoms with Crippen LogP contribution in [0.25, 0.3) is 0 Å². The van der Waals surface area contributed by atoms with Gasteiger partial charge in [0.15, 0.2) is 0 Å². The summed E-state index contributed by atoms with van der Waals surface area (Å²) in [6.07, 6.45) is 6.25. The van der Waals surface area contributed by atoms with Crippen LogP contribution in [0.15, 0.2) is 22.7 Å². The number of halogens is 1. The maximum absolute atomic E-state index is 5.75. The fourth-order valence-electron chi connectivity index (χ4n) is 2.83. The summed E-state index contributed by atoms with van der Waals surface area (Å²) in [5, 5.41) is 3.66. The van der Waals surface area contributed by atoms with Gasteiger partial charge in [-0.3, -0.25) is 0 Å². The molecule has 0 radical (unpaired) electrons. The molecule has 1 heterocycles. The van der Waals surface area contributed by atoms with Crippen LogP contribution < -0.4 is 10.1 Å². The van der Waals surface area contributed by atoms with Crippen molar-refractivity contribution in [3.63, 3.8) is 0 Å². The van der Waals surface area contributed by atoms with Crippen LogP contribution in [0.2, 0.25) is 0 Å². The Morgan fingerprint density at radius 2 is 2.33 bits per heavy atom. The number of hydrogen-bond donors (Lipinski definition) is 1. The van der Waals surface area contributed by atoms with Gasteiger partial charge >= 0.3 is 0 Å². The number of methoxy groups -OCH3 is 1. The van der Waals surface area contributed by atoms with Gasteiger partial charge in [0.1, 0.15) is 5.75 Å². The monoisotopic (exact) mass is 355 g/mol. The maximum atomic E-state index is 5.75. The van der Waals surface area contributed by atoms with Crippen LogP contribution in [-0.4, -0.2) is 26.4 Å². The smallest absolute Gasteiger partial charge is 0.120 e. The second kappa shape index (κ2) is 8.76. The van der Waals surface area contributed by atoms with Crippen LogP contribution in [0.4, 0.5) is 0 Å². The van der Waals surface area contributed by atoms with E-state index >= 15 is 0 Å². The van der Waals surface area contributed by atoms with Gasteiger partial charge in [0, 0.05) is 17.1 Å². The quantitative estimate of drug-likeness (QED) is 0.746. The van der Waals surface area contributed by atoms with Crippen molar-refractivity contribution in [1.82, 2.24) is 5.32 Å². The molecule has 2 unspecified atom stereocenters. The highest BCUT2D eigenvalue weighted by Gasteiger charge is 2.20. The van der Waals surface area contributed by atoms with Crippen molar-refractivity contribution in [2.75, 3.05) is 20.3 Å². The van der Waals surface area contributed by atoms with Gasteiger partial charge in [-0.1, -0.05) is 28.9 Å². The van der Waals surface area contributed by atoms with E-state index in [1.165, 1.54) is 18.4 Å². The Labute approximate surface area is 136 Å². The Kier molecular flexibility index (Phi) is 7.00. The van der Waals surface area contributed by atoms with Crippen LogP contribution >= 0.6 is 15.9 Å². The molecule has 0 aliphatic carbocycles. The van der Waals surface area contributed by atoms with Crippen LogP contribution in [0, 0.1) is 0 Å². The molecule has 3 nitrogen and oxygen atoms in total. The predicted molar refractivity (Wildman–Crippen MR) is 89.9 cm³/mol. The molecule has 1 aromatic carbocycles. The van der Waals surface area contributed by atoms with Crippen molar-refractivity contribution >= 4 is 15.9 Å². The number of hydrogen-bond acceptors (Lipinski definition) is 3. The van der Waals surface area contributed by atoms with Crippen molar-refractivity contribution in [3.05, 3.63) is 28.2 Å². The zero-order valence-corrected chi connectivity index (χ0v) is 14.6.